The van der Waals surface area contributed by atoms with E-state index in [9.17, 15) is 8.42 Å². The molecule has 0 unspecified atom stereocenters. The predicted octanol–water partition coefficient (Wildman–Crippen LogP) is -2.21. The van der Waals surface area contributed by atoms with Crippen LogP contribution in [0.2, 0.25) is 0 Å². The lowest BCUT2D eigenvalue weighted by Gasteiger charge is -2.09. The quantitative estimate of drug-likeness (QED) is 0.290. The van der Waals surface area contributed by atoms with Crippen molar-refractivity contribution in [3.8, 4) is 0 Å². The summed E-state index contributed by atoms with van der Waals surface area (Å²) in [7, 11) is -4.40. The van der Waals surface area contributed by atoms with Gasteiger partial charge in [-0.1, -0.05) is 0 Å². The second-order valence-electron chi connectivity index (χ2n) is 1.97. The second-order valence-corrected chi connectivity index (χ2v) is 2.99. The van der Waals surface area contributed by atoms with Crippen molar-refractivity contribution >= 4 is 10.4 Å². The molecule has 0 atom stereocenters. The van der Waals surface area contributed by atoms with E-state index < -0.39 is 16.7 Å². The number of hydrogen-bond donors (Lipinski definition) is 4. The van der Waals surface area contributed by atoms with Crippen LogP contribution in [0, 0.1) is 0 Å². The first-order chi connectivity index (χ1) is 5.08. The number of hydrogen-bond acceptors (Lipinski definition) is 6. The van der Waals surface area contributed by atoms with Gasteiger partial charge < -0.3 is 0 Å². The molecule has 4 N–H and O–H groups in total. The van der Waals surface area contributed by atoms with Crippen LogP contribution in [0.25, 0.3) is 0 Å². The molecule has 0 saturated carbocycles. The summed E-state index contributed by atoms with van der Waals surface area (Å²) < 4.78 is 32.0. The summed E-state index contributed by atoms with van der Waals surface area (Å²) in [5, 5.41) is 5.61. The second kappa shape index (κ2) is 3.43. The Morgan fingerprint density at radius 2 is 2.00 bits per heavy atom. The van der Waals surface area contributed by atoms with Crippen molar-refractivity contribution in [2.24, 2.45) is 0 Å². The van der Waals surface area contributed by atoms with Gasteiger partial charge in [0.25, 0.3) is 0 Å². The molecule has 0 aromatic rings. The minimum absolute atomic E-state index is 0.433. The van der Waals surface area contributed by atoms with E-state index in [0.717, 1.165) is 0 Å². The molecule has 0 bridgehead atoms. The molecular weight excluding hydrogens is 174 g/mol. The lowest BCUT2D eigenvalue weighted by atomic mass is 10.7. The van der Waals surface area contributed by atoms with Gasteiger partial charge in [-0.25, -0.2) is 0 Å². The first kappa shape index (κ1) is 8.84. The Bertz CT molecular complexity index is 209. The van der Waals surface area contributed by atoms with Crippen molar-refractivity contribution in [2.75, 3.05) is 13.1 Å². The predicted molar refractivity (Wildman–Crippen MR) is 35.6 cm³/mol. The van der Waals surface area contributed by atoms with Crippen LogP contribution in [0.15, 0.2) is 0 Å². The third kappa shape index (κ3) is 3.60. The van der Waals surface area contributed by atoms with Crippen LogP contribution < -0.4 is 16.1 Å². The van der Waals surface area contributed by atoms with Gasteiger partial charge in [0.2, 0.25) is 0 Å². The highest BCUT2D eigenvalue weighted by molar-refractivity contribution is 7.80. The first-order valence-electron chi connectivity index (χ1n) is 2.96. The molecule has 1 aliphatic heterocycles. The van der Waals surface area contributed by atoms with Gasteiger partial charge >= 0.3 is 10.4 Å². The Labute approximate surface area is 64.0 Å². The molecule has 11 heavy (non-hydrogen) atoms. The molecule has 8 heteroatoms. The summed E-state index contributed by atoms with van der Waals surface area (Å²) in [4.78, 5) is 0. The van der Waals surface area contributed by atoms with Gasteiger partial charge in [-0.3, -0.25) is 15.2 Å². The van der Waals surface area contributed by atoms with Gasteiger partial charge in [0, 0.05) is 13.1 Å². The molecule has 1 saturated heterocycles. The Morgan fingerprint density at radius 3 is 2.45 bits per heavy atom. The Kier molecular flexibility index (Phi) is 2.76. The van der Waals surface area contributed by atoms with Gasteiger partial charge in [0.05, 0.1) is 0 Å². The van der Waals surface area contributed by atoms with Gasteiger partial charge in [-0.15, -0.1) is 0 Å². The van der Waals surface area contributed by atoms with E-state index in [4.69, 9.17) is 4.55 Å². The van der Waals surface area contributed by atoms with Crippen molar-refractivity contribution in [1.82, 2.24) is 16.1 Å². The monoisotopic (exact) mass is 183 g/mol. The SMILES string of the molecule is O=S(=O)(O)ONC1NCCN1. The van der Waals surface area contributed by atoms with Gasteiger partial charge in [-0.05, 0) is 0 Å². The molecule has 0 amide bonds. The summed E-state index contributed by atoms with van der Waals surface area (Å²) in [6.45, 7) is 1.43. The Morgan fingerprint density at radius 1 is 1.45 bits per heavy atom. The fourth-order valence-corrected chi connectivity index (χ4v) is 0.915. The van der Waals surface area contributed by atoms with E-state index in [1.54, 1.807) is 0 Å². The zero-order valence-electron chi connectivity index (χ0n) is 5.57. The van der Waals surface area contributed by atoms with Crippen molar-refractivity contribution in [2.45, 2.75) is 6.29 Å². The van der Waals surface area contributed by atoms with Crippen LogP contribution in [-0.4, -0.2) is 32.3 Å². The highest BCUT2D eigenvalue weighted by atomic mass is 32.3. The maximum atomic E-state index is 10.0. The summed E-state index contributed by atoms with van der Waals surface area (Å²) in [6.07, 6.45) is -0.433. The fraction of sp³-hybridized carbons (Fsp3) is 1.00. The van der Waals surface area contributed by atoms with E-state index in [0.29, 0.717) is 13.1 Å². The van der Waals surface area contributed by atoms with Gasteiger partial charge in [-0.2, -0.15) is 18.2 Å². The van der Waals surface area contributed by atoms with Crippen LogP contribution in [0.3, 0.4) is 0 Å². The normalized spacial score (nSPS) is 20.8. The van der Waals surface area contributed by atoms with Gasteiger partial charge in [0.15, 0.2) is 0 Å². The molecule has 1 heterocycles. The number of rotatable bonds is 3. The Hall–Kier alpha value is -0.250. The molecule has 0 spiro atoms. The minimum Gasteiger partial charge on any atom is -0.287 e. The van der Waals surface area contributed by atoms with E-state index in [1.165, 1.54) is 0 Å². The molecule has 1 aliphatic rings. The summed E-state index contributed by atoms with van der Waals surface area (Å²) in [5.41, 5.74) is 2.06. The fourth-order valence-electron chi connectivity index (χ4n) is 0.697. The largest absolute Gasteiger partial charge is 0.413 e. The zero-order valence-corrected chi connectivity index (χ0v) is 6.39. The third-order valence-electron chi connectivity index (χ3n) is 1.09. The lowest BCUT2D eigenvalue weighted by molar-refractivity contribution is 0.125. The van der Waals surface area contributed by atoms with E-state index >= 15 is 0 Å². The molecule has 0 aromatic heterocycles. The van der Waals surface area contributed by atoms with Crippen molar-refractivity contribution < 1.29 is 17.3 Å². The minimum atomic E-state index is -4.40. The number of nitrogens with one attached hydrogen (secondary N) is 3. The van der Waals surface area contributed by atoms with E-state index in [2.05, 4.69) is 20.4 Å². The van der Waals surface area contributed by atoms with Crippen LogP contribution in [-0.2, 0) is 14.7 Å². The number of hydroxylamine groups is 1. The summed E-state index contributed by atoms with van der Waals surface area (Å²) in [6, 6.07) is 0. The maximum Gasteiger partial charge on any atom is 0.413 e. The Balaban J connectivity index is 2.22. The topological polar surface area (TPSA) is 99.7 Å². The molecular formula is C3H9N3O4S. The van der Waals surface area contributed by atoms with Crippen molar-refractivity contribution in [1.29, 1.82) is 0 Å². The average molecular weight is 183 g/mol. The summed E-state index contributed by atoms with van der Waals surface area (Å²) >= 11 is 0. The highest BCUT2D eigenvalue weighted by Crippen LogP contribution is 1.84. The van der Waals surface area contributed by atoms with E-state index in [-0.39, 0.29) is 0 Å². The smallest absolute Gasteiger partial charge is 0.287 e. The zero-order chi connectivity index (χ0) is 8.32. The molecule has 1 fully saturated rings. The standard InChI is InChI=1S/C3H9N3O4S/c7-11(8,9)10-6-3-4-1-2-5-3/h3-6H,1-2H2,(H,7,8,9). The van der Waals surface area contributed by atoms with Crippen LogP contribution in [0.5, 0.6) is 0 Å². The average Bonchev–Trinajstić information content (AvgIpc) is 2.32. The van der Waals surface area contributed by atoms with Crippen LogP contribution in [0.1, 0.15) is 0 Å². The molecule has 0 radical (unpaired) electrons. The lowest BCUT2D eigenvalue weighted by Crippen LogP contribution is -2.45. The third-order valence-corrected chi connectivity index (χ3v) is 1.40. The molecule has 0 aliphatic carbocycles. The molecule has 7 nitrogen and oxygen atoms in total. The summed E-state index contributed by atoms with van der Waals surface area (Å²) in [5.74, 6) is 0. The molecule has 0 aromatic carbocycles. The first-order valence-corrected chi connectivity index (χ1v) is 4.32. The van der Waals surface area contributed by atoms with Crippen molar-refractivity contribution in [3.63, 3.8) is 0 Å². The molecule has 1 rings (SSSR count). The van der Waals surface area contributed by atoms with Crippen LogP contribution in [0.4, 0.5) is 0 Å². The molecule has 66 valence electrons. The van der Waals surface area contributed by atoms with E-state index in [1.807, 2.05) is 0 Å². The maximum absolute atomic E-state index is 10.0. The van der Waals surface area contributed by atoms with Gasteiger partial charge in [0.1, 0.15) is 6.29 Å². The van der Waals surface area contributed by atoms with Crippen molar-refractivity contribution in [3.05, 3.63) is 0 Å². The van der Waals surface area contributed by atoms with Crippen LogP contribution >= 0.6 is 0 Å². The highest BCUT2D eigenvalue weighted by Gasteiger charge is 2.15.